The number of nitrogens with one attached hydrogen (secondary N) is 1. The summed E-state index contributed by atoms with van der Waals surface area (Å²) in [5.41, 5.74) is 5.74. The quantitative estimate of drug-likeness (QED) is 0.871. The molecule has 1 aliphatic rings. The van der Waals surface area contributed by atoms with Crippen molar-refractivity contribution in [2.75, 3.05) is 18.0 Å². The van der Waals surface area contributed by atoms with Gasteiger partial charge in [-0.05, 0) is 24.1 Å². The molecule has 1 saturated heterocycles. The van der Waals surface area contributed by atoms with Crippen LogP contribution in [0, 0.1) is 17.6 Å². The summed E-state index contributed by atoms with van der Waals surface area (Å²) in [4.78, 5) is 12.7. The monoisotopic (exact) mass is 297 g/mol. The molecule has 1 fully saturated rings. The highest BCUT2D eigenvalue weighted by Gasteiger charge is 2.30. The topological polar surface area (TPSA) is 58.4 Å². The first-order valence-corrected chi connectivity index (χ1v) is 7.14. The number of hydrogen-bond donors (Lipinski definition) is 2. The van der Waals surface area contributed by atoms with Gasteiger partial charge in [0, 0.05) is 25.7 Å². The second-order valence-corrected chi connectivity index (χ2v) is 5.78. The minimum atomic E-state index is -0.597. The Labute approximate surface area is 123 Å². The predicted octanol–water partition coefficient (Wildman–Crippen LogP) is 1.77. The maximum absolute atomic E-state index is 14.2. The highest BCUT2D eigenvalue weighted by molar-refractivity contribution is 5.78. The van der Waals surface area contributed by atoms with Crippen molar-refractivity contribution in [2.24, 2.45) is 11.7 Å². The summed E-state index contributed by atoms with van der Waals surface area (Å²) < 4.78 is 28.4. The van der Waals surface area contributed by atoms with Crippen molar-refractivity contribution >= 4 is 11.6 Å². The Morgan fingerprint density at radius 3 is 2.52 bits per heavy atom. The molecule has 0 saturated carbocycles. The van der Waals surface area contributed by atoms with Crippen LogP contribution >= 0.6 is 0 Å². The van der Waals surface area contributed by atoms with Crippen LogP contribution < -0.4 is 16.0 Å². The average molecular weight is 297 g/mol. The third-order valence-electron chi connectivity index (χ3n) is 3.70. The Morgan fingerprint density at radius 2 is 2.05 bits per heavy atom. The van der Waals surface area contributed by atoms with Crippen LogP contribution in [0.3, 0.4) is 0 Å². The smallest absolute Gasteiger partial charge is 0.222 e. The number of carbonyl (C=O) groups excluding carboxylic acids is 1. The van der Waals surface area contributed by atoms with Gasteiger partial charge in [0.05, 0.1) is 5.92 Å². The molecule has 0 spiro atoms. The van der Waals surface area contributed by atoms with Gasteiger partial charge in [0.2, 0.25) is 5.91 Å². The van der Waals surface area contributed by atoms with Gasteiger partial charge < -0.3 is 16.0 Å². The number of halogens is 2. The van der Waals surface area contributed by atoms with Crippen LogP contribution in [0.15, 0.2) is 12.1 Å². The number of primary amides is 1. The van der Waals surface area contributed by atoms with Crippen LogP contribution in [0.5, 0.6) is 0 Å². The van der Waals surface area contributed by atoms with E-state index >= 15 is 0 Å². The molecule has 1 aliphatic heterocycles. The first kappa shape index (κ1) is 15.7. The molecule has 21 heavy (non-hydrogen) atoms. The fraction of sp³-hybridized carbons (Fsp3) is 0.533. The number of hydrogen-bond acceptors (Lipinski definition) is 3. The van der Waals surface area contributed by atoms with Gasteiger partial charge in [0.15, 0.2) is 0 Å². The Kier molecular flexibility index (Phi) is 4.77. The number of anilines is 1. The molecule has 1 aromatic carbocycles. The normalized spacial score (nSPS) is 18.5. The zero-order chi connectivity index (χ0) is 15.6. The van der Waals surface area contributed by atoms with E-state index in [0.717, 1.165) is 0 Å². The van der Waals surface area contributed by atoms with E-state index in [-0.39, 0.29) is 24.2 Å². The molecule has 0 bridgehead atoms. The van der Waals surface area contributed by atoms with Crippen LogP contribution in [0.2, 0.25) is 0 Å². The second-order valence-electron chi connectivity index (χ2n) is 5.78. The molecule has 1 amide bonds. The van der Waals surface area contributed by atoms with Gasteiger partial charge in [-0.1, -0.05) is 13.8 Å². The van der Waals surface area contributed by atoms with E-state index in [1.807, 2.05) is 13.8 Å². The van der Waals surface area contributed by atoms with Crippen molar-refractivity contribution in [3.63, 3.8) is 0 Å². The van der Waals surface area contributed by atoms with Crippen molar-refractivity contribution in [3.05, 3.63) is 29.3 Å². The Hall–Kier alpha value is -1.69. The molecule has 2 rings (SSSR count). The highest BCUT2D eigenvalue weighted by atomic mass is 19.1. The summed E-state index contributed by atoms with van der Waals surface area (Å²) in [7, 11) is 0. The zero-order valence-electron chi connectivity index (χ0n) is 12.3. The van der Waals surface area contributed by atoms with Gasteiger partial charge >= 0.3 is 0 Å². The summed E-state index contributed by atoms with van der Waals surface area (Å²) in [5, 5.41) is 3.12. The van der Waals surface area contributed by atoms with Crippen molar-refractivity contribution in [2.45, 2.75) is 32.9 Å². The molecular weight excluding hydrogens is 276 g/mol. The fourth-order valence-corrected chi connectivity index (χ4v) is 2.54. The number of nitrogens with zero attached hydrogens (tertiary/aromatic N) is 1. The molecule has 3 N–H and O–H groups in total. The maximum Gasteiger partial charge on any atom is 0.222 e. The third kappa shape index (κ3) is 3.69. The zero-order valence-corrected chi connectivity index (χ0v) is 12.3. The Morgan fingerprint density at radius 1 is 1.43 bits per heavy atom. The Bertz CT molecular complexity index is 511. The van der Waals surface area contributed by atoms with Crippen LogP contribution in [0.1, 0.15) is 25.8 Å². The molecule has 0 radical (unpaired) electrons. The van der Waals surface area contributed by atoms with Gasteiger partial charge in [-0.15, -0.1) is 0 Å². The van der Waals surface area contributed by atoms with Crippen LogP contribution in [0.4, 0.5) is 14.5 Å². The number of benzene rings is 1. The molecule has 1 atom stereocenters. The summed E-state index contributed by atoms with van der Waals surface area (Å²) >= 11 is 0. The number of carbonyl (C=O) groups is 1. The lowest BCUT2D eigenvalue weighted by Crippen LogP contribution is -2.28. The van der Waals surface area contributed by atoms with E-state index < -0.39 is 17.5 Å². The second kappa shape index (κ2) is 6.39. The lowest BCUT2D eigenvalue weighted by atomic mass is 10.1. The first-order chi connectivity index (χ1) is 9.88. The van der Waals surface area contributed by atoms with Crippen LogP contribution in [-0.2, 0) is 11.3 Å². The molecule has 0 aliphatic carbocycles. The van der Waals surface area contributed by atoms with Crippen molar-refractivity contribution in [3.8, 4) is 0 Å². The van der Waals surface area contributed by atoms with Gasteiger partial charge in [0.1, 0.15) is 17.3 Å². The highest BCUT2D eigenvalue weighted by Crippen LogP contribution is 2.30. The van der Waals surface area contributed by atoms with E-state index in [0.29, 0.717) is 25.1 Å². The van der Waals surface area contributed by atoms with Gasteiger partial charge in [-0.3, -0.25) is 4.79 Å². The van der Waals surface area contributed by atoms with Crippen molar-refractivity contribution < 1.29 is 13.6 Å². The molecule has 0 aromatic heterocycles. The SMILES string of the molecule is CC(C)NCc1cc(F)c(N2CCC(C(N)=O)C2)c(F)c1. The minimum Gasteiger partial charge on any atom is -0.369 e. The molecule has 116 valence electrons. The molecule has 6 heteroatoms. The van der Waals surface area contributed by atoms with E-state index in [9.17, 15) is 13.6 Å². The summed E-state index contributed by atoms with van der Waals surface area (Å²) in [5.74, 6) is -1.96. The first-order valence-electron chi connectivity index (χ1n) is 7.14. The van der Waals surface area contributed by atoms with Crippen molar-refractivity contribution in [1.29, 1.82) is 0 Å². The number of rotatable bonds is 5. The van der Waals surface area contributed by atoms with Crippen LogP contribution in [-0.4, -0.2) is 25.0 Å². The molecule has 1 heterocycles. The molecule has 4 nitrogen and oxygen atoms in total. The lowest BCUT2D eigenvalue weighted by molar-refractivity contribution is -0.121. The minimum absolute atomic E-state index is 0.0629. The predicted molar refractivity (Wildman–Crippen MR) is 77.8 cm³/mol. The van der Waals surface area contributed by atoms with Gasteiger partial charge in [-0.2, -0.15) is 0 Å². The molecule has 1 unspecified atom stereocenters. The van der Waals surface area contributed by atoms with E-state index in [2.05, 4.69) is 5.32 Å². The van der Waals surface area contributed by atoms with E-state index in [1.165, 1.54) is 12.1 Å². The van der Waals surface area contributed by atoms with Crippen LogP contribution in [0.25, 0.3) is 0 Å². The third-order valence-corrected chi connectivity index (χ3v) is 3.70. The maximum atomic E-state index is 14.2. The fourth-order valence-electron chi connectivity index (χ4n) is 2.54. The molecule has 1 aromatic rings. The van der Waals surface area contributed by atoms with Crippen molar-refractivity contribution in [1.82, 2.24) is 5.32 Å². The standard InChI is InChI=1S/C15H21F2N3O/c1-9(2)19-7-10-5-12(16)14(13(17)6-10)20-4-3-11(8-20)15(18)21/h5-6,9,11,19H,3-4,7-8H2,1-2H3,(H2,18,21). The number of amides is 1. The van der Waals surface area contributed by atoms with Gasteiger partial charge in [0.25, 0.3) is 0 Å². The lowest BCUT2D eigenvalue weighted by Gasteiger charge is -2.20. The molecular formula is C15H21F2N3O. The summed E-state index contributed by atoms with van der Waals surface area (Å²) in [6.07, 6.45) is 0.533. The summed E-state index contributed by atoms with van der Waals surface area (Å²) in [6.45, 7) is 5.05. The largest absolute Gasteiger partial charge is 0.369 e. The number of nitrogens with two attached hydrogens (primary N) is 1. The average Bonchev–Trinajstić information content (AvgIpc) is 2.85. The summed E-state index contributed by atoms with van der Waals surface area (Å²) in [6, 6.07) is 2.92. The van der Waals surface area contributed by atoms with E-state index in [1.54, 1.807) is 4.90 Å². The van der Waals surface area contributed by atoms with E-state index in [4.69, 9.17) is 5.73 Å². The Balaban J connectivity index is 2.16. The van der Waals surface area contributed by atoms with Gasteiger partial charge in [-0.25, -0.2) is 8.78 Å².